The van der Waals surface area contributed by atoms with Crippen LogP contribution < -0.4 is 14.2 Å². The minimum Gasteiger partial charge on any atom is -0.493 e. The maximum atomic E-state index is 10.7. The summed E-state index contributed by atoms with van der Waals surface area (Å²) in [6.07, 6.45) is 0.839. The molecule has 1 heterocycles. The molecule has 0 fully saturated rings. The molecule has 4 nitrogen and oxygen atoms in total. The molecule has 19 heavy (non-hydrogen) atoms. The Labute approximate surface area is 115 Å². The number of hydrogen-bond donors (Lipinski definition) is 0. The first-order chi connectivity index (χ1) is 9.23. The second kappa shape index (κ2) is 5.75. The van der Waals surface area contributed by atoms with Crippen LogP contribution in [0.3, 0.4) is 0 Å². The summed E-state index contributed by atoms with van der Waals surface area (Å²) in [5.41, 5.74) is 0.924. The van der Waals surface area contributed by atoms with Crippen LogP contribution in [0.15, 0.2) is 24.3 Å². The van der Waals surface area contributed by atoms with Gasteiger partial charge in [-0.3, -0.25) is 4.79 Å². The van der Waals surface area contributed by atoms with Crippen molar-refractivity contribution in [3.05, 3.63) is 29.1 Å². The summed E-state index contributed by atoms with van der Waals surface area (Å²) in [5, 5.41) is 0. The number of ether oxygens (including phenoxy) is 3. The Morgan fingerprint density at radius 2 is 1.63 bits per heavy atom. The molecule has 0 amide bonds. The lowest BCUT2D eigenvalue weighted by Gasteiger charge is -2.13. The lowest BCUT2D eigenvalue weighted by molar-refractivity contribution is 0.112. The predicted octanol–water partition coefficient (Wildman–Crippen LogP) is 3.25. The molecule has 0 aliphatic carbocycles. The average Bonchev–Trinajstić information content (AvgIpc) is 2.94. The van der Waals surface area contributed by atoms with E-state index < -0.39 is 0 Å². The van der Waals surface area contributed by atoms with Crippen LogP contribution >= 0.6 is 11.3 Å². The minimum absolute atomic E-state index is 0.556. The van der Waals surface area contributed by atoms with Gasteiger partial charge in [-0.05, 0) is 29.8 Å². The molecular formula is C14H14O4S. The Hall–Kier alpha value is -2.01. The fourth-order valence-corrected chi connectivity index (χ4v) is 2.60. The summed E-state index contributed by atoms with van der Waals surface area (Å²) in [4.78, 5) is 12.4. The molecule has 0 atom stereocenters. The third kappa shape index (κ3) is 2.56. The second-order valence-corrected chi connectivity index (χ2v) is 4.85. The molecule has 1 aromatic carbocycles. The Morgan fingerprint density at radius 3 is 2.05 bits per heavy atom. The molecule has 0 aliphatic heterocycles. The molecule has 100 valence electrons. The molecule has 0 saturated carbocycles. The van der Waals surface area contributed by atoms with Gasteiger partial charge in [-0.2, -0.15) is 0 Å². The zero-order valence-electron chi connectivity index (χ0n) is 10.9. The van der Waals surface area contributed by atoms with Crippen molar-refractivity contribution in [2.45, 2.75) is 0 Å². The third-order valence-electron chi connectivity index (χ3n) is 2.69. The largest absolute Gasteiger partial charge is 0.493 e. The summed E-state index contributed by atoms with van der Waals surface area (Å²) in [7, 11) is 4.72. The Morgan fingerprint density at radius 1 is 1.00 bits per heavy atom. The molecular weight excluding hydrogens is 264 g/mol. The van der Waals surface area contributed by atoms with Crippen LogP contribution in [0, 0.1) is 0 Å². The fourth-order valence-electron chi connectivity index (χ4n) is 1.79. The molecule has 2 rings (SSSR count). The molecule has 0 saturated heterocycles. The van der Waals surface area contributed by atoms with Crippen molar-refractivity contribution in [1.29, 1.82) is 0 Å². The highest BCUT2D eigenvalue weighted by Gasteiger charge is 2.14. The zero-order chi connectivity index (χ0) is 13.8. The van der Waals surface area contributed by atoms with Crippen LogP contribution in [0.25, 0.3) is 10.4 Å². The van der Waals surface area contributed by atoms with Crippen LogP contribution in [-0.4, -0.2) is 27.6 Å². The molecule has 1 aromatic heterocycles. The van der Waals surface area contributed by atoms with Gasteiger partial charge in [-0.1, -0.05) is 0 Å². The SMILES string of the molecule is COc1cc(-c2ccc(C=O)s2)cc(OC)c1OC. The summed E-state index contributed by atoms with van der Waals surface area (Å²) in [6.45, 7) is 0. The van der Waals surface area contributed by atoms with Crippen molar-refractivity contribution in [2.75, 3.05) is 21.3 Å². The van der Waals surface area contributed by atoms with Crippen LogP contribution in [0.5, 0.6) is 17.2 Å². The number of aldehydes is 1. The van der Waals surface area contributed by atoms with Crippen molar-refractivity contribution in [3.8, 4) is 27.7 Å². The fraction of sp³-hybridized carbons (Fsp3) is 0.214. The highest BCUT2D eigenvalue weighted by molar-refractivity contribution is 7.17. The van der Waals surface area contributed by atoms with E-state index in [-0.39, 0.29) is 0 Å². The van der Waals surface area contributed by atoms with Crippen molar-refractivity contribution in [3.63, 3.8) is 0 Å². The Bertz CT molecular complexity index is 564. The highest BCUT2D eigenvalue weighted by atomic mass is 32.1. The quantitative estimate of drug-likeness (QED) is 0.787. The van der Waals surface area contributed by atoms with E-state index in [0.29, 0.717) is 22.1 Å². The first kappa shape index (κ1) is 13.4. The number of carbonyl (C=O) groups is 1. The summed E-state index contributed by atoms with van der Waals surface area (Å²) < 4.78 is 15.9. The van der Waals surface area contributed by atoms with Gasteiger partial charge in [0, 0.05) is 4.88 Å². The molecule has 0 radical (unpaired) electrons. The number of methoxy groups -OCH3 is 3. The van der Waals surface area contributed by atoms with Gasteiger partial charge in [-0.25, -0.2) is 0 Å². The molecule has 2 aromatic rings. The van der Waals surface area contributed by atoms with E-state index in [1.807, 2.05) is 18.2 Å². The minimum atomic E-state index is 0.556. The Kier molecular flexibility index (Phi) is 4.06. The van der Waals surface area contributed by atoms with E-state index in [2.05, 4.69) is 0 Å². The van der Waals surface area contributed by atoms with Gasteiger partial charge in [0.15, 0.2) is 17.8 Å². The lowest BCUT2D eigenvalue weighted by atomic mass is 10.1. The van der Waals surface area contributed by atoms with Crippen LogP contribution in [0.2, 0.25) is 0 Å². The molecule has 0 unspecified atom stereocenters. The van der Waals surface area contributed by atoms with E-state index in [0.717, 1.165) is 16.7 Å². The molecule has 0 bridgehead atoms. The zero-order valence-corrected chi connectivity index (χ0v) is 11.7. The van der Waals surface area contributed by atoms with E-state index in [1.54, 1.807) is 27.4 Å². The van der Waals surface area contributed by atoms with Gasteiger partial charge in [-0.15, -0.1) is 11.3 Å². The first-order valence-electron chi connectivity index (χ1n) is 5.59. The van der Waals surface area contributed by atoms with Crippen LogP contribution in [-0.2, 0) is 0 Å². The topological polar surface area (TPSA) is 44.8 Å². The maximum absolute atomic E-state index is 10.7. The van der Waals surface area contributed by atoms with Gasteiger partial charge in [0.25, 0.3) is 0 Å². The third-order valence-corrected chi connectivity index (χ3v) is 3.75. The maximum Gasteiger partial charge on any atom is 0.203 e. The highest BCUT2D eigenvalue weighted by Crippen LogP contribution is 2.42. The normalized spacial score (nSPS) is 10.1. The monoisotopic (exact) mass is 278 g/mol. The second-order valence-electron chi connectivity index (χ2n) is 3.73. The summed E-state index contributed by atoms with van der Waals surface area (Å²) in [5.74, 6) is 1.75. The van der Waals surface area contributed by atoms with E-state index in [1.165, 1.54) is 11.3 Å². The van der Waals surface area contributed by atoms with Crippen molar-refractivity contribution < 1.29 is 19.0 Å². The predicted molar refractivity (Wildman–Crippen MR) is 74.8 cm³/mol. The Balaban J connectivity index is 2.54. The van der Waals surface area contributed by atoms with Crippen LogP contribution in [0.4, 0.5) is 0 Å². The molecule has 0 N–H and O–H groups in total. The van der Waals surface area contributed by atoms with Crippen molar-refractivity contribution >= 4 is 17.6 Å². The first-order valence-corrected chi connectivity index (χ1v) is 6.40. The lowest BCUT2D eigenvalue weighted by Crippen LogP contribution is -1.95. The summed E-state index contributed by atoms with van der Waals surface area (Å²) >= 11 is 1.42. The van der Waals surface area contributed by atoms with Crippen LogP contribution in [0.1, 0.15) is 9.67 Å². The molecule has 0 aliphatic rings. The number of benzene rings is 1. The van der Waals surface area contributed by atoms with Gasteiger partial charge >= 0.3 is 0 Å². The molecule has 0 spiro atoms. The van der Waals surface area contributed by atoms with Crippen molar-refractivity contribution in [2.24, 2.45) is 0 Å². The van der Waals surface area contributed by atoms with Crippen molar-refractivity contribution in [1.82, 2.24) is 0 Å². The standard InChI is InChI=1S/C14H14O4S/c1-16-11-6-9(7-12(17-2)14(11)18-3)13-5-4-10(8-15)19-13/h4-8H,1-3H3. The van der Waals surface area contributed by atoms with E-state index >= 15 is 0 Å². The average molecular weight is 278 g/mol. The number of hydrogen-bond acceptors (Lipinski definition) is 5. The van der Waals surface area contributed by atoms with E-state index in [4.69, 9.17) is 14.2 Å². The number of carbonyl (C=O) groups excluding carboxylic acids is 1. The van der Waals surface area contributed by atoms with Gasteiger partial charge in [0.05, 0.1) is 26.2 Å². The van der Waals surface area contributed by atoms with E-state index in [9.17, 15) is 4.79 Å². The number of thiophene rings is 1. The smallest absolute Gasteiger partial charge is 0.203 e. The molecule has 5 heteroatoms. The number of rotatable bonds is 5. The van der Waals surface area contributed by atoms with Gasteiger partial charge < -0.3 is 14.2 Å². The van der Waals surface area contributed by atoms with Gasteiger partial charge in [0.1, 0.15) is 0 Å². The van der Waals surface area contributed by atoms with Gasteiger partial charge in [0.2, 0.25) is 5.75 Å². The summed E-state index contributed by atoms with van der Waals surface area (Å²) in [6, 6.07) is 7.41.